The number of benzene rings is 2. The van der Waals surface area contributed by atoms with Gasteiger partial charge in [0, 0.05) is 17.0 Å². The summed E-state index contributed by atoms with van der Waals surface area (Å²) >= 11 is 7.66. The Balaban J connectivity index is 1.81. The molecule has 3 rings (SSSR count). The first-order chi connectivity index (χ1) is 11.9. The van der Waals surface area contributed by atoms with E-state index in [0.29, 0.717) is 5.02 Å². The summed E-state index contributed by atoms with van der Waals surface area (Å²) in [6.07, 6.45) is 0. The first-order valence-corrected chi connectivity index (χ1v) is 10.3. The van der Waals surface area contributed by atoms with Crippen LogP contribution in [0.3, 0.4) is 0 Å². The number of hydrogen-bond acceptors (Lipinski definition) is 4. The molecule has 0 aliphatic heterocycles. The van der Waals surface area contributed by atoms with Crippen LogP contribution in [0.1, 0.15) is 16.1 Å². The number of aryl methyl sites for hydroxylation is 2. The monoisotopic (exact) mass is 392 g/mol. The van der Waals surface area contributed by atoms with Gasteiger partial charge in [-0.05, 0) is 37.6 Å². The molecule has 4 nitrogen and oxygen atoms in total. The Morgan fingerprint density at radius 1 is 1.12 bits per heavy atom. The molecule has 1 aromatic heterocycles. The number of nitrogens with zero attached hydrogens (tertiary/aromatic N) is 1. The van der Waals surface area contributed by atoms with Gasteiger partial charge in [-0.3, -0.25) is 0 Å². The van der Waals surface area contributed by atoms with E-state index in [1.54, 1.807) is 18.2 Å². The summed E-state index contributed by atoms with van der Waals surface area (Å²) in [5.41, 5.74) is 2.55. The molecule has 0 spiro atoms. The quantitative estimate of drug-likeness (QED) is 0.692. The van der Waals surface area contributed by atoms with Crippen molar-refractivity contribution in [2.75, 3.05) is 0 Å². The lowest BCUT2D eigenvalue weighted by Gasteiger charge is -2.06. The number of aromatic nitrogens is 1. The molecular formula is C18H17ClN2O2S2. The fraction of sp³-hybridized carbons (Fsp3) is 0.167. The van der Waals surface area contributed by atoms with E-state index in [1.807, 2.05) is 44.2 Å². The molecule has 1 N–H and O–H groups in total. The van der Waals surface area contributed by atoms with Crippen molar-refractivity contribution in [2.45, 2.75) is 25.3 Å². The summed E-state index contributed by atoms with van der Waals surface area (Å²) in [6, 6.07) is 14.3. The van der Waals surface area contributed by atoms with Gasteiger partial charge in [-0.15, -0.1) is 11.3 Å². The average molecular weight is 393 g/mol. The zero-order valence-corrected chi connectivity index (χ0v) is 16.2. The summed E-state index contributed by atoms with van der Waals surface area (Å²) in [5, 5.41) is 1.41. The highest BCUT2D eigenvalue weighted by Crippen LogP contribution is 2.32. The Morgan fingerprint density at radius 3 is 2.60 bits per heavy atom. The second-order valence-corrected chi connectivity index (χ2v) is 8.91. The van der Waals surface area contributed by atoms with Gasteiger partial charge in [-0.2, -0.15) is 0 Å². The van der Waals surface area contributed by atoms with E-state index in [1.165, 1.54) is 11.3 Å². The van der Waals surface area contributed by atoms with Crippen LogP contribution in [0.4, 0.5) is 0 Å². The third kappa shape index (κ3) is 4.10. The van der Waals surface area contributed by atoms with Crippen LogP contribution in [0.25, 0.3) is 10.6 Å². The molecule has 0 unspecified atom stereocenters. The van der Waals surface area contributed by atoms with Crippen molar-refractivity contribution in [3.63, 3.8) is 0 Å². The van der Waals surface area contributed by atoms with Gasteiger partial charge in [0.1, 0.15) is 5.01 Å². The molecule has 3 aromatic rings. The first kappa shape index (κ1) is 18.1. The van der Waals surface area contributed by atoms with Crippen molar-refractivity contribution in [3.8, 4) is 10.6 Å². The third-order valence-corrected chi connectivity index (χ3v) is 6.64. The highest BCUT2D eigenvalue weighted by molar-refractivity contribution is 7.89. The smallest absolute Gasteiger partial charge is 0.240 e. The molecule has 2 aromatic carbocycles. The Labute approximate surface area is 156 Å². The number of halogens is 1. The predicted molar refractivity (Wildman–Crippen MR) is 103 cm³/mol. The van der Waals surface area contributed by atoms with E-state index >= 15 is 0 Å². The number of hydrogen-bond donors (Lipinski definition) is 1. The van der Waals surface area contributed by atoms with Crippen molar-refractivity contribution in [1.82, 2.24) is 9.71 Å². The standard InChI is InChI=1S/C18H17ClN2O2S2/c1-12-6-5-7-14(10-12)25(22,23)20-11-17-13(2)21-18(24-17)15-8-3-4-9-16(15)19/h3-10,20H,11H2,1-2H3. The maximum absolute atomic E-state index is 12.5. The molecule has 1 heterocycles. The maximum Gasteiger partial charge on any atom is 0.240 e. The Hall–Kier alpha value is -1.73. The summed E-state index contributed by atoms with van der Waals surface area (Å²) in [4.78, 5) is 5.66. The molecule has 25 heavy (non-hydrogen) atoms. The topological polar surface area (TPSA) is 59.1 Å². The number of thiazole rings is 1. The van der Waals surface area contributed by atoms with Crippen LogP contribution in [0.5, 0.6) is 0 Å². The molecule has 0 aliphatic carbocycles. The van der Waals surface area contributed by atoms with E-state index < -0.39 is 10.0 Å². The van der Waals surface area contributed by atoms with Crippen LogP contribution in [0, 0.1) is 13.8 Å². The summed E-state index contributed by atoms with van der Waals surface area (Å²) < 4.78 is 27.6. The highest BCUT2D eigenvalue weighted by atomic mass is 35.5. The van der Waals surface area contributed by atoms with Crippen LogP contribution >= 0.6 is 22.9 Å². The molecule has 7 heteroatoms. The van der Waals surface area contributed by atoms with Gasteiger partial charge in [0.05, 0.1) is 15.6 Å². The Kier molecular flexibility index (Phi) is 5.24. The van der Waals surface area contributed by atoms with Crippen LogP contribution in [-0.4, -0.2) is 13.4 Å². The van der Waals surface area contributed by atoms with Crippen molar-refractivity contribution < 1.29 is 8.42 Å². The van der Waals surface area contributed by atoms with Gasteiger partial charge in [0.15, 0.2) is 0 Å². The van der Waals surface area contributed by atoms with E-state index in [-0.39, 0.29) is 11.4 Å². The van der Waals surface area contributed by atoms with Crippen molar-refractivity contribution in [2.24, 2.45) is 0 Å². The zero-order chi connectivity index (χ0) is 18.0. The molecule has 0 bridgehead atoms. The van der Waals surface area contributed by atoms with Crippen molar-refractivity contribution in [3.05, 3.63) is 69.7 Å². The Bertz CT molecular complexity index is 1010. The minimum absolute atomic E-state index is 0.199. The Morgan fingerprint density at radius 2 is 1.88 bits per heavy atom. The van der Waals surface area contributed by atoms with Gasteiger partial charge < -0.3 is 0 Å². The zero-order valence-electron chi connectivity index (χ0n) is 13.8. The molecule has 0 saturated carbocycles. The molecule has 0 saturated heterocycles. The lowest BCUT2D eigenvalue weighted by Crippen LogP contribution is -2.23. The van der Waals surface area contributed by atoms with Crippen molar-refractivity contribution in [1.29, 1.82) is 0 Å². The molecular weight excluding hydrogens is 376 g/mol. The highest BCUT2D eigenvalue weighted by Gasteiger charge is 2.17. The maximum atomic E-state index is 12.5. The molecule has 0 radical (unpaired) electrons. The molecule has 0 aliphatic rings. The fourth-order valence-corrected chi connectivity index (χ4v) is 4.88. The van der Waals surface area contributed by atoms with Gasteiger partial charge in [0.2, 0.25) is 10.0 Å². The average Bonchev–Trinajstić information content (AvgIpc) is 2.94. The fourth-order valence-electron chi connectivity index (χ4n) is 2.37. The van der Waals surface area contributed by atoms with Crippen LogP contribution in [0.2, 0.25) is 5.02 Å². The molecule has 130 valence electrons. The lowest BCUT2D eigenvalue weighted by molar-refractivity contribution is 0.581. The van der Waals surface area contributed by atoms with E-state index in [2.05, 4.69) is 9.71 Å². The van der Waals surface area contributed by atoms with Crippen LogP contribution in [-0.2, 0) is 16.6 Å². The number of sulfonamides is 1. The van der Waals surface area contributed by atoms with E-state index in [4.69, 9.17) is 11.6 Å². The molecule has 0 fully saturated rings. The summed E-state index contributed by atoms with van der Waals surface area (Å²) in [5.74, 6) is 0. The third-order valence-electron chi connectivity index (χ3n) is 3.72. The number of nitrogens with one attached hydrogen (secondary N) is 1. The SMILES string of the molecule is Cc1cccc(S(=O)(=O)NCc2sc(-c3ccccc3Cl)nc2C)c1. The normalized spacial score (nSPS) is 11.6. The van der Waals surface area contributed by atoms with Crippen LogP contribution in [0.15, 0.2) is 53.4 Å². The van der Waals surface area contributed by atoms with E-state index in [9.17, 15) is 8.42 Å². The second-order valence-electron chi connectivity index (χ2n) is 5.65. The number of rotatable bonds is 5. The summed E-state index contributed by atoms with van der Waals surface area (Å²) in [7, 11) is -3.56. The predicted octanol–water partition coefficient (Wildman–Crippen LogP) is 4.56. The van der Waals surface area contributed by atoms with Gasteiger partial charge in [0.25, 0.3) is 0 Å². The summed E-state index contributed by atoms with van der Waals surface area (Å²) in [6.45, 7) is 3.93. The molecule has 0 atom stereocenters. The van der Waals surface area contributed by atoms with Crippen LogP contribution < -0.4 is 4.72 Å². The van der Waals surface area contributed by atoms with Gasteiger partial charge >= 0.3 is 0 Å². The molecule has 0 amide bonds. The largest absolute Gasteiger partial charge is 0.241 e. The first-order valence-electron chi connectivity index (χ1n) is 7.64. The van der Waals surface area contributed by atoms with Crippen molar-refractivity contribution >= 4 is 33.0 Å². The second kappa shape index (κ2) is 7.25. The lowest BCUT2D eigenvalue weighted by atomic mass is 10.2. The van der Waals surface area contributed by atoms with E-state index in [0.717, 1.165) is 26.7 Å². The minimum Gasteiger partial charge on any atom is -0.241 e. The van der Waals surface area contributed by atoms with Gasteiger partial charge in [-0.1, -0.05) is 41.9 Å². The van der Waals surface area contributed by atoms with Gasteiger partial charge in [-0.25, -0.2) is 18.1 Å². The minimum atomic E-state index is -3.56.